The van der Waals surface area contributed by atoms with Crippen LogP contribution in [-0.4, -0.2) is 86.4 Å². The van der Waals surface area contributed by atoms with Crippen LogP contribution in [0.15, 0.2) is 6.20 Å². The summed E-state index contributed by atoms with van der Waals surface area (Å²) in [7, 11) is 0.191. The maximum atomic E-state index is 13.6. The molecule has 1 aliphatic heterocycles. The molecule has 2 aliphatic carbocycles. The summed E-state index contributed by atoms with van der Waals surface area (Å²) in [6.45, 7) is 6.11. The molecule has 4 rings (SSSR count). The quantitative estimate of drug-likeness (QED) is 0.346. The maximum absolute atomic E-state index is 13.6. The van der Waals surface area contributed by atoms with Gasteiger partial charge in [-0.25, -0.2) is 18.3 Å². The van der Waals surface area contributed by atoms with Crippen molar-refractivity contribution in [3.63, 3.8) is 0 Å². The monoisotopic (exact) mass is 567 g/mol. The number of carbonyl (C=O) groups excluding carboxylic acids is 2. The predicted octanol–water partition coefficient (Wildman–Crippen LogP) is 4.62. The zero-order valence-electron chi connectivity index (χ0n) is 23.1. The van der Waals surface area contributed by atoms with Crippen molar-refractivity contribution in [2.45, 2.75) is 96.2 Å². The second-order valence-electron chi connectivity index (χ2n) is 11.1. The lowest BCUT2D eigenvalue weighted by atomic mass is 9.85. The van der Waals surface area contributed by atoms with Gasteiger partial charge in [-0.3, -0.25) is 15.0 Å². The number of urea groups is 1. The third-order valence-corrected chi connectivity index (χ3v) is 10.7. The van der Waals surface area contributed by atoms with Crippen molar-refractivity contribution < 1.29 is 18.5 Å². The van der Waals surface area contributed by atoms with E-state index in [9.17, 15) is 13.8 Å². The molecule has 3 aliphatic rings. The molecule has 3 fully saturated rings. The molecule has 9 nitrogen and oxygen atoms in total. The molecule has 0 bridgehead atoms. The van der Waals surface area contributed by atoms with Crippen molar-refractivity contribution in [3.05, 3.63) is 11.1 Å². The fourth-order valence-electron chi connectivity index (χ4n) is 5.99. The number of anilines is 1. The lowest BCUT2D eigenvalue weighted by Gasteiger charge is -2.40. The first-order valence-corrected chi connectivity index (χ1v) is 16.5. The van der Waals surface area contributed by atoms with Crippen molar-refractivity contribution in [1.29, 1.82) is 0 Å². The van der Waals surface area contributed by atoms with Crippen LogP contribution in [0.5, 0.6) is 0 Å². The maximum Gasteiger partial charge on any atom is 0.324 e. The lowest BCUT2D eigenvalue weighted by molar-refractivity contribution is -0.140. The van der Waals surface area contributed by atoms with E-state index in [-0.39, 0.29) is 18.4 Å². The summed E-state index contributed by atoms with van der Waals surface area (Å²) in [6, 6.07) is 0.702. The largest absolute Gasteiger partial charge is 0.469 e. The van der Waals surface area contributed by atoms with Crippen LogP contribution in [0.3, 0.4) is 0 Å². The van der Waals surface area contributed by atoms with Crippen molar-refractivity contribution in [2.75, 3.05) is 44.4 Å². The van der Waals surface area contributed by atoms with E-state index in [0.29, 0.717) is 36.1 Å². The molecule has 214 valence electrons. The topological polar surface area (TPSA) is 95.1 Å². The zero-order valence-corrected chi connectivity index (χ0v) is 24.7. The minimum absolute atomic E-state index is 0.0281. The summed E-state index contributed by atoms with van der Waals surface area (Å²) in [4.78, 5) is 35.2. The van der Waals surface area contributed by atoms with Gasteiger partial charge in [0.1, 0.15) is 0 Å². The van der Waals surface area contributed by atoms with Gasteiger partial charge in [0, 0.05) is 61.6 Å². The number of hydrogen-bond donors (Lipinski definition) is 1. The van der Waals surface area contributed by atoms with Gasteiger partial charge in [0.05, 0.1) is 24.5 Å². The number of methoxy groups -OCH3 is 1. The van der Waals surface area contributed by atoms with Gasteiger partial charge in [0.15, 0.2) is 5.13 Å². The number of piperazine rings is 1. The van der Waals surface area contributed by atoms with Crippen molar-refractivity contribution in [2.24, 2.45) is 5.92 Å². The summed E-state index contributed by atoms with van der Waals surface area (Å²) >= 11 is 1.55. The van der Waals surface area contributed by atoms with Crippen LogP contribution in [0, 0.1) is 5.92 Å². The molecule has 1 aromatic heterocycles. The Kier molecular flexibility index (Phi) is 11.4. The summed E-state index contributed by atoms with van der Waals surface area (Å²) in [5.41, 5.74) is 0. The Labute approximate surface area is 234 Å². The summed E-state index contributed by atoms with van der Waals surface area (Å²) in [5, 5.41) is 3.84. The standard InChI is InChI=1S/C27H45N5O4S2/c1-21-9-11-23(12-10-21)32(22-7-5-3-4-6-8-22)27(34)29-26-28-19-24(37-26)20-30-14-16-31(17-15-30)38(35)18-13-25(33)36-2/h19,21-23H,3-18,20H2,1-2H3,(H,28,29,34). The van der Waals surface area contributed by atoms with Gasteiger partial charge in [0.25, 0.3) is 0 Å². The summed E-state index contributed by atoms with van der Waals surface area (Å²) in [6.07, 6.45) is 13.9. The first kappa shape index (κ1) is 29.4. The number of ether oxygens (including phenoxy) is 1. The average Bonchev–Trinajstić information content (AvgIpc) is 3.18. The van der Waals surface area contributed by atoms with E-state index in [0.717, 1.165) is 56.1 Å². The van der Waals surface area contributed by atoms with Crippen LogP contribution < -0.4 is 5.32 Å². The minimum Gasteiger partial charge on any atom is -0.469 e. The van der Waals surface area contributed by atoms with Crippen LogP contribution in [0.4, 0.5) is 9.93 Å². The highest BCUT2D eigenvalue weighted by Gasteiger charge is 2.33. The first-order valence-electron chi connectivity index (χ1n) is 14.4. The SMILES string of the molecule is COC(=O)CCS(=O)N1CCN(Cc2cnc(NC(=O)N(C3CCCCCC3)C3CCC(C)CC3)s2)CC1. The van der Waals surface area contributed by atoms with E-state index in [4.69, 9.17) is 0 Å². The zero-order chi connectivity index (χ0) is 26.9. The van der Waals surface area contributed by atoms with Crippen LogP contribution in [0.2, 0.25) is 0 Å². The van der Waals surface area contributed by atoms with E-state index in [2.05, 4.69) is 31.8 Å². The molecular weight excluding hydrogens is 522 g/mol. The first-order chi connectivity index (χ1) is 18.4. The Morgan fingerprint density at radius 3 is 2.37 bits per heavy atom. The Morgan fingerprint density at radius 1 is 1.05 bits per heavy atom. The molecule has 1 N–H and O–H groups in total. The van der Waals surface area contributed by atoms with Gasteiger partial charge in [-0.1, -0.05) is 32.6 Å². The molecule has 11 heteroatoms. The fraction of sp³-hybridized carbons (Fsp3) is 0.815. The number of aromatic nitrogens is 1. The predicted molar refractivity (Wildman–Crippen MR) is 152 cm³/mol. The molecule has 1 atom stereocenters. The van der Waals surface area contributed by atoms with E-state index in [1.165, 1.54) is 45.6 Å². The normalized spacial score (nSPS) is 24.9. The van der Waals surface area contributed by atoms with E-state index in [1.54, 1.807) is 11.3 Å². The number of esters is 1. The Balaban J connectivity index is 1.29. The summed E-state index contributed by atoms with van der Waals surface area (Å²) < 4.78 is 19.1. The molecule has 2 amide bonds. The molecule has 1 unspecified atom stereocenters. The second kappa shape index (κ2) is 14.7. The minimum atomic E-state index is -1.16. The molecule has 0 radical (unpaired) electrons. The molecule has 2 saturated carbocycles. The highest BCUT2D eigenvalue weighted by molar-refractivity contribution is 7.82. The molecule has 38 heavy (non-hydrogen) atoms. The third kappa shape index (κ3) is 8.47. The number of amides is 2. The molecule has 1 aromatic rings. The highest BCUT2D eigenvalue weighted by atomic mass is 32.2. The van der Waals surface area contributed by atoms with E-state index in [1.807, 2.05) is 10.5 Å². The van der Waals surface area contributed by atoms with Gasteiger partial charge in [-0.2, -0.15) is 0 Å². The molecule has 0 aromatic carbocycles. The second-order valence-corrected chi connectivity index (χ2v) is 13.8. The Hall–Kier alpha value is -1.56. The lowest BCUT2D eigenvalue weighted by Crippen LogP contribution is -2.50. The molecular formula is C27H45N5O4S2. The number of rotatable bonds is 9. The number of carbonyl (C=O) groups is 2. The third-order valence-electron chi connectivity index (χ3n) is 8.31. The van der Waals surface area contributed by atoms with Crippen LogP contribution in [0.25, 0.3) is 0 Å². The summed E-state index contributed by atoms with van der Waals surface area (Å²) in [5.74, 6) is 0.742. The Morgan fingerprint density at radius 2 is 1.71 bits per heavy atom. The van der Waals surface area contributed by atoms with Crippen molar-refractivity contribution >= 4 is 39.5 Å². The van der Waals surface area contributed by atoms with Gasteiger partial charge >= 0.3 is 12.0 Å². The van der Waals surface area contributed by atoms with E-state index < -0.39 is 11.0 Å². The van der Waals surface area contributed by atoms with E-state index >= 15 is 0 Å². The van der Waals surface area contributed by atoms with Gasteiger partial charge in [0.2, 0.25) is 0 Å². The van der Waals surface area contributed by atoms with Gasteiger partial charge < -0.3 is 9.64 Å². The Bertz CT molecular complexity index is 920. The number of nitrogens with one attached hydrogen (secondary N) is 1. The molecule has 0 spiro atoms. The number of thiazole rings is 1. The van der Waals surface area contributed by atoms with Crippen LogP contribution >= 0.6 is 11.3 Å². The fourth-order valence-corrected chi connectivity index (χ4v) is 8.01. The highest BCUT2D eigenvalue weighted by Crippen LogP contribution is 2.33. The van der Waals surface area contributed by atoms with Crippen LogP contribution in [-0.2, 0) is 27.1 Å². The number of nitrogens with zero attached hydrogens (tertiary/aromatic N) is 4. The van der Waals surface area contributed by atoms with Crippen molar-refractivity contribution in [3.8, 4) is 0 Å². The molecule has 2 heterocycles. The smallest absolute Gasteiger partial charge is 0.324 e. The molecule has 1 saturated heterocycles. The van der Waals surface area contributed by atoms with Crippen LogP contribution in [0.1, 0.15) is 82.4 Å². The van der Waals surface area contributed by atoms with Gasteiger partial charge in [-0.05, 0) is 44.4 Å². The van der Waals surface area contributed by atoms with Gasteiger partial charge in [-0.15, -0.1) is 11.3 Å². The number of hydrogen-bond acceptors (Lipinski definition) is 7. The van der Waals surface area contributed by atoms with Crippen molar-refractivity contribution in [1.82, 2.24) is 19.1 Å². The average molecular weight is 568 g/mol.